The molecule has 1 heterocycles. The first-order chi connectivity index (χ1) is 22.8. The number of anilines is 2. The molecule has 3 amide bonds. The largest absolute Gasteiger partial charge is 0.506 e. The number of phenolic OH excluding ortho intramolecular Hbond substituents is 2. The fourth-order valence-corrected chi connectivity index (χ4v) is 5.19. The first kappa shape index (κ1) is 37.5. The van der Waals surface area contributed by atoms with E-state index in [1.807, 2.05) is 0 Å². The molecule has 8 N–H and O–H groups in total. The second-order valence-electron chi connectivity index (χ2n) is 11.4. The summed E-state index contributed by atoms with van der Waals surface area (Å²) in [7, 11) is 2.76. The fourth-order valence-electron chi connectivity index (χ4n) is 5.19. The summed E-state index contributed by atoms with van der Waals surface area (Å²) in [6.45, 7) is 4.32. The number of amides is 3. The molecule has 0 saturated heterocycles. The van der Waals surface area contributed by atoms with Crippen LogP contribution >= 0.6 is 0 Å². The second-order valence-corrected chi connectivity index (χ2v) is 11.4. The van der Waals surface area contributed by atoms with Crippen LogP contribution in [0.3, 0.4) is 0 Å². The molecule has 0 aliphatic carbocycles. The molecule has 13 heteroatoms. The van der Waals surface area contributed by atoms with Crippen LogP contribution in [0.5, 0.6) is 11.5 Å². The Bertz CT molecular complexity index is 1600. The highest BCUT2D eigenvalue weighted by atomic mass is 16.6. The zero-order chi connectivity index (χ0) is 35.5. The summed E-state index contributed by atoms with van der Waals surface area (Å²) >= 11 is 0. The van der Waals surface area contributed by atoms with Crippen LogP contribution in [-0.4, -0.2) is 83.6 Å². The number of ether oxygens (including phenoxy) is 3. The number of carbonyl (C=O) groups is 3. The van der Waals surface area contributed by atoms with Gasteiger partial charge in [-0.05, 0) is 44.1 Å². The third kappa shape index (κ3) is 9.55. The Kier molecular flexibility index (Phi) is 13.5. The number of allylic oxidation sites excluding steroid dienone is 2. The van der Waals surface area contributed by atoms with Gasteiger partial charge in [0.05, 0.1) is 30.2 Å². The molecule has 5 atom stereocenters. The smallest absolute Gasteiger partial charge is 0.405 e. The van der Waals surface area contributed by atoms with Crippen molar-refractivity contribution in [3.05, 3.63) is 88.5 Å². The second kappa shape index (κ2) is 17.3. The van der Waals surface area contributed by atoms with E-state index >= 15 is 0 Å². The van der Waals surface area contributed by atoms with Crippen LogP contribution in [0, 0.1) is 5.92 Å². The SMILES string of the molecule is CO[C@H]1C=CC=C(C)C(=O)Nc2cc(O)c(NC(=O)c3ccccc3)c(c2O)C=C(C)C[C@H](OC)[C@H](O)[C@@H](C)C=C(CO)[C@@H]1OC(N)=O. The maximum atomic E-state index is 13.2. The number of hydrogen-bond donors (Lipinski definition) is 7. The van der Waals surface area contributed by atoms with Crippen molar-refractivity contribution in [2.24, 2.45) is 11.7 Å². The van der Waals surface area contributed by atoms with E-state index in [2.05, 4.69) is 10.6 Å². The molecule has 1 aliphatic heterocycles. The third-order valence-electron chi connectivity index (χ3n) is 7.82. The van der Waals surface area contributed by atoms with E-state index in [9.17, 15) is 34.8 Å². The Balaban J connectivity index is 2.20. The van der Waals surface area contributed by atoms with Crippen molar-refractivity contribution in [3.8, 4) is 11.5 Å². The summed E-state index contributed by atoms with van der Waals surface area (Å²) < 4.78 is 16.4. The summed E-state index contributed by atoms with van der Waals surface area (Å²) in [6.07, 6.45) is 2.32. The fraction of sp³-hybridized carbons (Fsp3) is 0.343. The van der Waals surface area contributed by atoms with E-state index in [0.717, 1.165) is 6.07 Å². The van der Waals surface area contributed by atoms with Gasteiger partial charge in [-0.1, -0.05) is 55.0 Å². The Hall–Kier alpha value is -4.95. The van der Waals surface area contributed by atoms with Crippen molar-refractivity contribution in [2.75, 3.05) is 31.5 Å². The summed E-state index contributed by atoms with van der Waals surface area (Å²) in [6, 6.07) is 9.39. The van der Waals surface area contributed by atoms with E-state index in [-0.39, 0.29) is 34.5 Å². The molecule has 0 saturated carbocycles. The van der Waals surface area contributed by atoms with Gasteiger partial charge in [0.15, 0.2) is 6.10 Å². The highest BCUT2D eigenvalue weighted by molar-refractivity contribution is 6.08. The van der Waals surface area contributed by atoms with Gasteiger partial charge in [0.1, 0.15) is 17.6 Å². The molecule has 0 aromatic heterocycles. The number of methoxy groups -OCH3 is 2. The normalized spacial score (nSPS) is 22.5. The monoisotopic (exact) mass is 665 g/mol. The number of carbonyl (C=O) groups excluding carboxylic acids is 3. The van der Waals surface area contributed by atoms with Crippen LogP contribution in [0.4, 0.5) is 16.2 Å². The van der Waals surface area contributed by atoms with Gasteiger partial charge in [0, 0.05) is 42.9 Å². The van der Waals surface area contributed by atoms with Gasteiger partial charge in [-0.2, -0.15) is 0 Å². The number of phenols is 2. The highest BCUT2D eigenvalue weighted by Gasteiger charge is 2.30. The molecule has 0 radical (unpaired) electrons. The van der Waals surface area contributed by atoms with Gasteiger partial charge in [0.2, 0.25) is 0 Å². The molecule has 13 nitrogen and oxygen atoms in total. The van der Waals surface area contributed by atoms with Crippen molar-refractivity contribution >= 4 is 35.4 Å². The maximum absolute atomic E-state index is 13.2. The van der Waals surface area contributed by atoms with Gasteiger partial charge in [-0.3, -0.25) is 9.59 Å². The van der Waals surface area contributed by atoms with Crippen molar-refractivity contribution in [3.63, 3.8) is 0 Å². The summed E-state index contributed by atoms with van der Waals surface area (Å²) in [5.74, 6) is -2.71. The van der Waals surface area contributed by atoms with Crippen LogP contribution in [-0.2, 0) is 19.0 Å². The van der Waals surface area contributed by atoms with Crippen LogP contribution < -0.4 is 16.4 Å². The standard InChI is InChI=1S/C35H43N3O10/c1-19-14-24-29(38-34(44)22-11-7-6-8-12-22)26(40)17-25(31(24)42)37-33(43)20(2)10-9-13-27(46-4)32(48-35(36)45)23(18-39)16-21(3)30(41)28(15-19)47-5/h6-14,16-17,21,27-28,30,32,39-42H,15,18H2,1-5H3,(H2,36,45)(H,37,43)(H,38,44)/t21-,27-,28-,30+,32-/m0/s1. The Morgan fingerprint density at radius 3 is 2.40 bits per heavy atom. The lowest BCUT2D eigenvalue weighted by Crippen LogP contribution is -2.38. The molecule has 2 aromatic carbocycles. The van der Waals surface area contributed by atoms with E-state index < -0.39 is 66.3 Å². The summed E-state index contributed by atoms with van der Waals surface area (Å²) in [5.41, 5.74) is 6.32. The maximum Gasteiger partial charge on any atom is 0.405 e. The Morgan fingerprint density at radius 1 is 1.10 bits per heavy atom. The number of rotatable bonds is 6. The number of aromatic hydroxyl groups is 2. The first-order valence-corrected chi connectivity index (χ1v) is 15.1. The molecular formula is C35H43N3O10. The number of fused-ring (bicyclic) bond motifs is 2. The van der Waals surface area contributed by atoms with Gasteiger partial charge in [-0.25, -0.2) is 4.79 Å². The lowest BCUT2D eigenvalue weighted by atomic mass is 9.91. The average molecular weight is 666 g/mol. The Labute approximate surface area is 279 Å². The number of aliphatic hydroxyl groups is 2. The van der Waals surface area contributed by atoms with Gasteiger partial charge < -0.3 is 51.0 Å². The Morgan fingerprint density at radius 2 is 1.79 bits per heavy atom. The van der Waals surface area contributed by atoms with E-state index in [0.29, 0.717) is 11.1 Å². The minimum absolute atomic E-state index is 0.000702. The lowest BCUT2D eigenvalue weighted by molar-refractivity contribution is -0.112. The average Bonchev–Trinajstić information content (AvgIpc) is 3.06. The molecule has 0 fully saturated rings. The third-order valence-corrected chi connectivity index (χ3v) is 7.82. The number of primary amides is 1. The zero-order valence-corrected chi connectivity index (χ0v) is 27.5. The summed E-state index contributed by atoms with van der Waals surface area (Å²) in [5, 5.41) is 49.3. The molecule has 0 spiro atoms. The van der Waals surface area contributed by atoms with E-state index in [1.165, 1.54) is 51.5 Å². The van der Waals surface area contributed by atoms with Crippen molar-refractivity contribution < 1.29 is 49.0 Å². The molecular weight excluding hydrogens is 622 g/mol. The number of aliphatic hydroxyl groups excluding tert-OH is 2. The highest BCUT2D eigenvalue weighted by Crippen LogP contribution is 2.42. The van der Waals surface area contributed by atoms with E-state index in [1.54, 1.807) is 44.2 Å². The topological polar surface area (TPSA) is 210 Å². The van der Waals surface area contributed by atoms with Crippen molar-refractivity contribution in [1.29, 1.82) is 0 Å². The van der Waals surface area contributed by atoms with E-state index in [4.69, 9.17) is 19.9 Å². The molecule has 3 rings (SSSR count). The molecule has 258 valence electrons. The minimum Gasteiger partial charge on any atom is -0.506 e. The quantitative estimate of drug-likeness (QED) is 0.134. The predicted molar refractivity (Wildman–Crippen MR) is 180 cm³/mol. The zero-order valence-electron chi connectivity index (χ0n) is 27.5. The van der Waals surface area contributed by atoms with Gasteiger partial charge in [0.25, 0.3) is 11.8 Å². The predicted octanol–water partition coefficient (Wildman–Crippen LogP) is 4.01. The van der Waals surface area contributed by atoms with Crippen LogP contribution in [0.1, 0.15) is 43.1 Å². The molecule has 2 bridgehead atoms. The van der Waals surface area contributed by atoms with Crippen LogP contribution in [0.25, 0.3) is 6.08 Å². The van der Waals surface area contributed by atoms with Crippen molar-refractivity contribution in [1.82, 2.24) is 0 Å². The summed E-state index contributed by atoms with van der Waals surface area (Å²) in [4.78, 5) is 38.0. The molecule has 2 aromatic rings. The van der Waals surface area contributed by atoms with Gasteiger partial charge >= 0.3 is 6.09 Å². The first-order valence-electron chi connectivity index (χ1n) is 15.1. The van der Waals surface area contributed by atoms with Gasteiger partial charge in [-0.15, -0.1) is 0 Å². The number of nitrogens with one attached hydrogen (secondary N) is 2. The van der Waals surface area contributed by atoms with Crippen LogP contribution in [0.15, 0.2) is 77.4 Å². The molecule has 48 heavy (non-hydrogen) atoms. The van der Waals surface area contributed by atoms with Crippen LogP contribution in [0.2, 0.25) is 0 Å². The molecule has 0 unspecified atom stereocenters. The van der Waals surface area contributed by atoms with Crippen molar-refractivity contribution in [2.45, 2.75) is 51.6 Å². The number of benzene rings is 2. The molecule has 1 aliphatic rings. The lowest BCUT2D eigenvalue weighted by Gasteiger charge is -2.29. The number of nitrogens with two attached hydrogens (primary N) is 1. The minimum atomic E-state index is -1.18. The number of hydrogen-bond acceptors (Lipinski definition) is 10.